The van der Waals surface area contributed by atoms with Gasteiger partial charge in [-0.1, -0.05) is 0 Å². The zero-order chi connectivity index (χ0) is 19.7. The van der Waals surface area contributed by atoms with E-state index in [0.717, 1.165) is 38.8 Å². The molecule has 2 fully saturated rings. The Balaban J connectivity index is 1.44. The van der Waals surface area contributed by atoms with E-state index >= 15 is 0 Å². The Morgan fingerprint density at radius 2 is 1.71 bits per heavy atom. The molecule has 2 aliphatic rings. The highest BCUT2D eigenvalue weighted by atomic mass is 32.2. The summed E-state index contributed by atoms with van der Waals surface area (Å²) in [5, 5.41) is 2.65. The summed E-state index contributed by atoms with van der Waals surface area (Å²) in [6.07, 6.45) is 3.82. The van der Waals surface area contributed by atoms with Gasteiger partial charge >= 0.3 is 0 Å². The zero-order valence-corrected chi connectivity index (χ0v) is 16.1. The second-order valence-electron chi connectivity index (χ2n) is 7.23. The first-order chi connectivity index (χ1) is 13.4. The van der Waals surface area contributed by atoms with Crippen molar-refractivity contribution >= 4 is 27.3 Å². The predicted octanol–water partition coefficient (Wildman–Crippen LogP) is 3.12. The summed E-state index contributed by atoms with van der Waals surface area (Å²) in [6, 6.07) is 10.4. The van der Waals surface area contributed by atoms with Crippen molar-refractivity contribution in [3.05, 3.63) is 53.8 Å². The van der Waals surface area contributed by atoms with Gasteiger partial charge in [-0.15, -0.1) is 0 Å². The molecule has 4 rings (SSSR count). The van der Waals surface area contributed by atoms with Crippen molar-refractivity contribution < 1.29 is 17.6 Å². The van der Waals surface area contributed by atoms with Gasteiger partial charge in [-0.05, 0) is 68.1 Å². The molecule has 1 heterocycles. The quantitative estimate of drug-likeness (QED) is 0.777. The predicted molar refractivity (Wildman–Crippen MR) is 106 cm³/mol. The number of sulfonamides is 1. The minimum atomic E-state index is -3.55. The number of carbonyl (C=O) groups is 1. The van der Waals surface area contributed by atoms with E-state index in [1.54, 1.807) is 12.1 Å². The van der Waals surface area contributed by atoms with Crippen LogP contribution in [-0.2, 0) is 10.0 Å². The molecule has 2 aromatic carbocycles. The summed E-state index contributed by atoms with van der Waals surface area (Å²) in [5.74, 6) is -0.792. The van der Waals surface area contributed by atoms with Crippen LogP contribution in [0.1, 0.15) is 36.0 Å². The average Bonchev–Trinajstić information content (AvgIpc) is 3.30. The molecule has 2 aromatic rings. The molecule has 0 bridgehead atoms. The van der Waals surface area contributed by atoms with E-state index in [2.05, 4.69) is 10.0 Å². The van der Waals surface area contributed by atoms with Crippen LogP contribution >= 0.6 is 0 Å². The molecule has 8 heteroatoms. The van der Waals surface area contributed by atoms with Crippen molar-refractivity contribution in [2.75, 3.05) is 23.3 Å². The summed E-state index contributed by atoms with van der Waals surface area (Å²) in [7, 11) is -3.55. The van der Waals surface area contributed by atoms with Crippen LogP contribution in [-0.4, -0.2) is 33.5 Å². The zero-order valence-electron chi connectivity index (χ0n) is 15.3. The van der Waals surface area contributed by atoms with Crippen LogP contribution in [0.2, 0.25) is 0 Å². The molecular weight excluding hydrogens is 381 g/mol. The van der Waals surface area contributed by atoms with Crippen LogP contribution in [0, 0.1) is 5.82 Å². The van der Waals surface area contributed by atoms with Crippen LogP contribution < -0.4 is 14.9 Å². The summed E-state index contributed by atoms with van der Waals surface area (Å²) in [5.41, 5.74) is 1.21. The summed E-state index contributed by atoms with van der Waals surface area (Å²) >= 11 is 0. The Kier molecular flexibility index (Phi) is 5.07. The Bertz CT molecular complexity index is 982. The highest BCUT2D eigenvalue weighted by Crippen LogP contribution is 2.26. The molecule has 148 valence electrons. The molecule has 1 saturated carbocycles. The van der Waals surface area contributed by atoms with Gasteiger partial charge in [0.05, 0.1) is 10.6 Å². The molecule has 0 unspecified atom stereocenters. The number of nitrogens with one attached hydrogen (secondary N) is 2. The van der Waals surface area contributed by atoms with Crippen LogP contribution in [0.3, 0.4) is 0 Å². The third-order valence-electron chi connectivity index (χ3n) is 4.98. The molecule has 0 atom stereocenters. The molecule has 0 aromatic heterocycles. The second kappa shape index (κ2) is 7.52. The lowest BCUT2D eigenvalue weighted by Gasteiger charge is -2.18. The maximum atomic E-state index is 14.4. The van der Waals surface area contributed by atoms with Gasteiger partial charge in [0.15, 0.2) is 0 Å². The summed E-state index contributed by atoms with van der Waals surface area (Å²) in [6.45, 7) is 1.68. The van der Waals surface area contributed by atoms with Gasteiger partial charge in [0.1, 0.15) is 5.82 Å². The van der Waals surface area contributed by atoms with Crippen molar-refractivity contribution in [3.63, 3.8) is 0 Å². The van der Waals surface area contributed by atoms with E-state index in [-0.39, 0.29) is 16.8 Å². The van der Waals surface area contributed by atoms with Crippen molar-refractivity contribution in [1.82, 2.24) is 4.72 Å². The lowest BCUT2D eigenvalue weighted by Crippen LogP contribution is -2.25. The number of benzene rings is 2. The molecule has 1 aliphatic heterocycles. The SMILES string of the molecule is O=C(Nc1ccc(N2CCCC2)c(F)c1)c1ccc(S(=O)(=O)NC2CC2)cc1. The minimum Gasteiger partial charge on any atom is -0.369 e. The number of rotatable bonds is 6. The Morgan fingerprint density at radius 1 is 1.04 bits per heavy atom. The number of halogens is 1. The van der Waals surface area contributed by atoms with Gasteiger partial charge in [-0.25, -0.2) is 17.5 Å². The monoisotopic (exact) mass is 403 g/mol. The van der Waals surface area contributed by atoms with E-state index < -0.39 is 15.9 Å². The molecule has 28 heavy (non-hydrogen) atoms. The van der Waals surface area contributed by atoms with Crippen molar-refractivity contribution in [1.29, 1.82) is 0 Å². The maximum absolute atomic E-state index is 14.4. The minimum absolute atomic E-state index is 0.0198. The van der Waals surface area contributed by atoms with Gasteiger partial charge in [-0.2, -0.15) is 0 Å². The smallest absolute Gasteiger partial charge is 0.255 e. The molecule has 0 radical (unpaired) electrons. The van der Waals surface area contributed by atoms with E-state index in [4.69, 9.17) is 0 Å². The van der Waals surface area contributed by atoms with Gasteiger partial charge in [0, 0.05) is 30.4 Å². The molecule has 6 nitrogen and oxygen atoms in total. The van der Waals surface area contributed by atoms with Gasteiger partial charge in [0.25, 0.3) is 5.91 Å². The van der Waals surface area contributed by atoms with E-state index in [0.29, 0.717) is 16.9 Å². The fourth-order valence-electron chi connectivity index (χ4n) is 3.28. The molecular formula is C20H22FN3O3S. The summed E-state index contributed by atoms with van der Waals surface area (Å²) < 4.78 is 41.3. The Hall–Kier alpha value is -2.45. The third-order valence-corrected chi connectivity index (χ3v) is 6.51. The average molecular weight is 403 g/mol. The Morgan fingerprint density at radius 3 is 2.32 bits per heavy atom. The lowest BCUT2D eigenvalue weighted by atomic mass is 10.2. The molecule has 1 amide bonds. The standard InChI is InChI=1S/C20H22FN3O3S/c21-18-13-16(7-10-19(18)24-11-1-2-12-24)22-20(25)14-3-8-17(9-4-14)28(26,27)23-15-5-6-15/h3-4,7-10,13,15,23H,1-2,5-6,11-12H2,(H,22,25). The van der Waals surface area contributed by atoms with Gasteiger partial charge in [0.2, 0.25) is 10.0 Å². The highest BCUT2D eigenvalue weighted by Gasteiger charge is 2.28. The number of hydrogen-bond donors (Lipinski definition) is 2. The van der Waals surface area contributed by atoms with Crippen molar-refractivity contribution in [3.8, 4) is 0 Å². The first-order valence-corrected chi connectivity index (χ1v) is 10.9. The highest BCUT2D eigenvalue weighted by molar-refractivity contribution is 7.89. The number of carbonyl (C=O) groups excluding carboxylic acids is 1. The largest absolute Gasteiger partial charge is 0.369 e. The van der Waals surface area contributed by atoms with Crippen LogP contribution in [0.5, 0.6) is 0 Å². The van der Waals surface area contributed by atoms with Crippen LogP contribution in [0.15, 0.2) is 47.4 Å². The molecule has 1 saturated heterocycles. The van der Waals surface area contributed by atoms with E-state index in [9.17, 15) is 17.6 Å². The fourth-order valence-corrected chi connectivity index (χ4v) is 4.58. The van der Waals surface area contributed by atoms with Crippen LogP contribution in [0.25, 0.3) is 0 Å². The first-order valence-electron chi connectivity index (χ1n) is 9.41. The number of amides is 1. The fraction of sp³-hybridized carbons (Fsp3) is 0.350. The third kappa shape index (κ3) is 4.18. The second-order valence-corrected chi connectivity index (χ2v) is 8.95. The van der Waals surface area contributed by atoms with Crippen LogP contribution in [0.4, 0.5) is 15.8 Å². The van der Waals surface area contributed by atoms with Gasteiger partial charge in [-0.3, -0.25) is 4.79 Å². The molecule has 1 aliphatic carbocycles. The topological polar surface area (TPSA) is 78.5 Å². The van der Waals surface area contributed by atoms with Crippen molar-refractivity contribution in [2.24, 2.45) is 0 Å². The molecule has 2 N–H and O–H groups in total. The lowest BCUT2D eigenvalue weighted by molar-refractivity contribution is 0.102. The number of anilines is 2. The van der Waals surface area contributed by atoms with Crippen molar-refractivity contribution in [2.45, 2.75) is 36.6 Å². The van der Waals surface area contributed by atoms with E-state index in [1.165, 1.54) is 30.3 Å². The maximum Gasteiger partial charge on any atom is 0.255 e. The van der Waals surface area contributed by atoms with Gasteiger partial charge < -0.3 is 10.2 Å². The first kappa shape index (κ1) is 18.9. The molecule has 0 spiro atoms. The number of nitrogens with zero attached hydrogens (tertiary/aromatic N) is 1. The summed E-state index contributed by atoms with van der Waals surface area (Å²) in [4.78, 5) is 14.5. The Labute approximate surface area is 163 Å². The normalized spacial score (nSPS) is 17.0. The van der Waals surface area contributed by atoms with E-state index in [1.807, 2.05) is 4.90 Å². The number of hydrogen-bond acceptors (Lipinski definition) is 4.